The molecule has 1 aliphatic rings. The van der Waals surface area contributed by atoms with E-state index in [0.717, 1.165) is 50.0 Å². The Hall–Kier alpha value is -1.59. The van der Waals surface area contributed by atoms with Crippen molar-refractivity contribution in [2.45, 2.75) is 63.7 Å². The van der Waals surface area contributed by atoms with Crippen LogP contribution in [-0.2, 0) is 4.79 Å². The molecular weight excluding hydrogens is 304 g/mol. The zero-order valence-corrected chi connectivity index (χ0v) is 15.0. The number of hydrogen-bond donors (Lipinski definition) is 2. The molecule has 0 heterocycles. The van der Waals surface area contributed by atoms with Crippen LogP contribution in [-0.4, -0.2) is 48.3 Å². The first kappa shape index (κ1) is 18.7. The molecule has 5 heteroatoms. The Kier molecular flexibility index (Phi) is 7.06. The number of nitrogens with zero attached hydrogens (tertiary/aromatic N) is 1. The molecule has 1 aromatic carbocycles. The summed E-state index contributed by atoms with van der Waals surface area (Å²) in [5, 5.41) is 12.9. The summed E-state index contributed by atoms with van der Waals surface area (Å²) in [7, 11) is 3.85. The lowest BCUT2D eigenvalue weighted by Gasteiger charge is -2.28. The SMILES string of the molecule is CCCC(C(=O)Nc1ccc(OC2CCCCC2O)cc1)N(C)C. The molecule has 0 aromatic heterocycles. The quantitative estimate of drug-likeness (QED) is 0.804. The van der Waals surface area contributed by atoms with Crippen molar-refractivity contribution in [3.63, 3.8) is 0 Å². The third kappa shape index (κ3) is 5.21. The van der Waals surface area contributed by atoms with Gasteiger partial charge in [0.25, 0.3) is 0 Å². The molecule has 0 radical (unpaired) electrons. The molecule has 3 atom stereocenters. The molecule has 1 amide bonds. The maximum Gasteiger partial charge on any atom is 0.241 e. The average molecular weight is 334 g/mol. The van der Waals surface area contributed by atoms with E-state index < -0.39 is 0 Å². The maximum absolute atomic E-state index is 12.4. The Labute approximate surface area is 145 Å². The predicted molar refractivity (Wildman–Crippen MR) is 96.3 cm³/mol. The Morgan fingerprint density at radius 3 is 2.54 bits per heavy atom. The molecule has 24 heavy (non-hydrogen) atoms. The number of carbonyl (C=O) groups is 1. The van der Waals surface area contributed by atoms with E-state index in [0.29, 0.717) is 0 Å². The van der Waals surface area contributed by atoms with Crippen molar-refractivity contribution in [1.82, 2.24) is 4.90 Å². The number of benzene rings is 1. The number of rotatable bonds is 7. The molecule has 134 valence electrons. The molecule has 1 aromatic rings. The molecule has 5 nitrogen and oxygen atoms in total. The number of carbonyl (C=O) groups excluding carboxylic acids is 1. The number of aliphatic hydroxyl groups excluding tert-OH is 1. The van der Waals surface area contributed by atoms with Crippen LogP contribution in [0.15, 0.2) is 24.3 Å². The van der Waals surface area contributed by atoms with Gasteiger partial charge in [-0.1, -0.05) is 19.8 Å². The first-order valence-electron chi connectivity index (χ1n) is 8.93. The largest absolute Gasteiger partial charge is 0.488 e. The minimum absolute atomic E-state index is 0.0122. The third-order valence-electron chi connectivity index (χ3n) is 4.57. The summed E-state index contributed by atoms with van der Waals surface area (Å²) in [4.78, 5) is 14.3. The lowest BCUT2D eigenvalue weighted by Crippen LogP contribution is -2.39. The van der Waals surface area contributed by atoms with E-state index in [-0.39, 0.29) is 24.2 Å². The molecule has 1 aliphatic carbocycles. The van der Waals surface area contributed by atoms with Crippen molar-refractivity contribution in [3.05, 3.63) is 24.3 Å². The number of nitrogens with one attached hydrogen (secondary N) is 1. The van der Waals surface area contributed by atoms with E-state index in [1.807, 2.05) is 43.3 Å². The summed E-state index contributed by atoms with van der Waals surface area (Å²) in [6, 6.07) is 7.27. The van der Waals surface area contributed by atoms with Crippen molar-refractivity contribution < 1.29 is 14.6 Å². The molecule has 0 spiro atoms. The second-order valence-corrected chi connectivity index (χ2v) is 6.79. The fourth-order valence-electron chi connectivity index (χ4n) is 3.13. The molecule has 1 saturated carbocycles. The number of hydrogen-bond acceptors (Lipinski definition) is 4. The van der Waals surface area contributed by atoms with Crippen LogP contribution in [0.25, 0.3) is 0 Å². The van der Waals surface area contributed by atoms with Gasteiger partial charge in [0, 0.05) is 5.69 Å². The summed E-state index contributed by atoms with van der Waals surface area (Å²) in [6.45, 7) is 2.08. The lowest BCUT2D eigenvalue weighted by molar-refractivity contribution is -0.120. The number of aliphatic hydroxyl groups is 1. The third-order valence-corrected chi connectivity index (χ3v) is 4.57. The van der Waals surface area contributed by atoms with Gasteiger partial charge in [-0.25, -0.2) is 0 Å². The Morgan fingerprint density at radius 2 is 1.96 bits per heavy atom. The second kappa shape index (κ2) is 9.04. The number of likely N-dealkylation sites (N-methyl/N-ethyl adjacent to an activating group) is 1. The summed E-state index contributed by atoms with van der Waals surface area (Å²) in [5.74, 6) is 0.745. The van der Waals surface area contributed by atoms with Crippen molar-refractivity contribution in [2.75, 3.05) is 19.4 Å². The standard InChI is InChI=1S/C19H30N2O3/c1-4-7-16(21(2)3)19(23)20-14-10-12-15(13-11-14)24-18-9-6-5-8-17(18)22/h10-13,16-18,22H,4-9H2,1-3H3,(H,20,23). The van der Waals surface area contributed by atoms with E-state index in [9.17, 15) is 9.90 Å². The van der Waals surface area contributed by atoms with Gasteiger partial charge in [0.05, 0.1) is 12.1 Å². The predicted octanol–water partition coefficient (Wildman–Crippen LogP) is 3.04. The Bertz CT molecular complexity index is 516. The highest BCUT2D eigenvalue weighted by atomic mass is 16.5. The van der Waals surface area contributed by atoms with Crippen LogP contribution in [0, 0.1) is 0 Å². The van der Waals surface area contributed by atoms with Crippen LogP contribution in [0.4, 0.5) is 5.69 Å². The van der Waals surface area contributed by atoms with Gasteiger partial charge < -0.3 is 15.2 Å². The van der Waals surface area contributed by atoms with Crippen LogP contribution >= 0.6 is 0 Å². The summed E-state index contributed by atoms with van der Waals surface area (Å²) in [5.41, 5.74) is 0.763. The number of ether oxygens (including phenoxy) is 1. The topological polar surface area (TPSA) is 61.8 Å². The van der Waals surface area contributed by atoms with Crippen molar-refractivity contribution >= 4 is 11.6 Å². The highest BCUT2D eigenvalue weighted by Gasteiger charge is 2.24. The number of anilines is 1. The van der Waals surface area contributed by atoms with Gasteiger partial charge >= 0.3 is 0 Å². The molecule has 1 fully saturated rings. The van der Waals surface area contributed by atoms with Crippen LogP contribution in [0.1, 0.15) is 45.4 Å². The molecule has 0 bridgehead atoms. The second-order valence-electron chi connectivity index (χ2n) is 6.79. The van der Waals surface area contributed by atoms with Gasteiger partial charge in [0.15, 0.2) is 0 Å². The summed E-state index contributed by atoms with van der Waals surface area (Å²) in [6.07, 6.45) is 5.15. The molecule has 0 saturated heterocycles. The van der Waals surface area contributed by atoms with Crippen LogP contribution in [0.3, 0.4) is 0 Å². The van der Waals surface area contributed by atoms with E-state index >= 15 is 0 Å². The van der Waals surface area contributed by atoms with E-state index in [2.05, 4.69) is 12.2 Å². The highest BCUT2D eigenvalue weighted by molar-refractivity contribution is 5.94. The molecule has 2 rings (SSSR count). The van der Waals surface area contributed by atoms with E-state index in [1.54, 1.807) is 0 Å². The fraction of sp³-hybridized carbons (Fsp3) is 0.632. The summed E-state index contributed by atoms with van der Waals surface area (Å²) >= 11 is 0. The first-order chi connectivity index (χ1) is 11.5. The van der Waals surface area contributed by atoms with Crippen molar-refractivity contribution in [3.8, 4) is 5.75 Å². The monoisotopic (exact) mass is 334 g/mol. The van der Waals surface area contributed by atoms with Crippen LogP contribution in [0.2, 0.25) is 0 Å². The van der Waals surface area contributed by atoms with Gasteiger partial charge in [-0.2, -0.15) is 0 Å². The Morgan fingerprint density at radius 1 is 1.29 bits per heavy atom. The lowest BCUT2D eigenvalue weighted by atomic mass is 9.95. The summed E-state index contributed by atoms with van der Waals surface area (Å²) < 4.78 is 5.88. The van der Waals surface area contributed by atoms with Gasteiger partial charge in [0.1, 0.15) is 11.9 Å². The fourth-order valence-corrected chi connectivity index (χ4v) is 3.13. The van der Waals surface area contributed by atoms with Gasteiger partial charge in [-0.3, -0.25) is 9.69 Å². The zero-order chi connectivity index (χ0) is 17.5. The average Bonchev–Trinajstić information content (AvgIpc) is 2.56. The molecule has 3 unspecified atom stereocenters. The van der Waals surface area contributed by atoms with Crippen LogP contribution < -0.4 is 10.1 Å². The minimum atomic E-state index is -0.381. The number of amides is 1. The van der Waals surface area contributed by atoms with Crippen LogP contribution in [0.5, 0.6) is 5.75 Å². The van der Waals surface area contributed by atoms with Gasteiger partial charge in [0.2, 0.25) is 5.91 Å². The van der Waals surface area contributed by atoms with E-state index in [4.69, 9.17) is 4.74 Å². The Balaban J connectivity index is 1.92. The smallest absolute Gasteiger partial charge is 0.241 e. The van der Waals surface area contributed by atoms with Crippen molar-refractivity contribution in [1.29, 1.82) is 0 Å². The van der Waals surface area contributed by atoms with Crippen molar-refractivity contribution in [2.24, 2.45) is 0 Å². The molecule has 0 aliphatic heterocycles. The normalized spacial score (nSPS) is 22.2. The molecular formula is C19H30N2O3. The zero-order valence-electron chi connectivity index (χ0n) is 15.0. The highest BCUT2D eigenvalue weighted by Crippen LogP contribution is 2.25. The maximum atomic E-state index is 12.4. The first-order valence-corrected chi connectivity index (χ1v) is 8.93. The van der Waals surface area contributed by atoms with Gasteiger partial charge in [-0.05, 0) is 64.0 Å². The van der Waals surface area contributed by atoms with Gasteiger partial charge in [-0.15, -0.1) is 0 Å². The van der Waals surface area contributed by atoms with E-state index in [1.165, 1.54) is 0 Å². The minimum Gasteiger partial charge on any atom is -0.488 e. The molecule has 2 N–H and O–H groups in total.